The minimum atomic E-state index is -4.44. The van der Waals surface area contributed by atoms with Crippen molar-refractivity contribution >= 4 is 78.7 Å². The number of nitrogens with zero attached hydrogens (tertiary/aromatic N) is 7. The number of allylic oxidation sites excluding steroid dienone is 1. The van der Waals surface area contributed by atoms with E-state index in [2.05, 4.69) is 21.3 Å². The second-order valence-corrected chi connectivity index (χ2v) is 30.0. The number of nitrogens with one attached hydrogen (secondary N) is 4. The Hall–Kier alpha value is -6.96. The van der Waals surface area contributed by atoms with Gasteiger partial charge in [0, 0.05) is 49.3 Å². The average Bonchev–Trinajstić information content (AvgIpc) is 0.810. The number of likely N-dealkylation sites (N-methyl/N-ethyl adjacent to an activating group) is 7. The van der Waals surface area contributed by atoms with Crippen molar-refractivity contribution in [1.29, 1.82) is 0 Å². The molecule has 2 rings (SSSR count). The van der Waals surface area contributed by atoms with Crippen molar-refractivity contribution in [2.75, 3.05) is 62.2 Å². The molecular formula is C68H116N11O16P. The molecule has 0 saturated carbocycles. The number of amides is 11. The third kappa shape index (κ3) is 24.8. The van der Waals surface area contributed by atoms with Gasteiger partial charge < -0.3 is 75.2 Å². The summed E-state index contributed by atoms with van der Waals surface area (Å²) in [5.41, 5.74) is 0.647. The van der Waals surface area contributed by atoms with E-state index >= 15 is 19.2 Å². The summed E-state index contributed by atoms with van der Waals surface area (Å²) in [5.74, 6) is -10.4. The summed E-state index contributed by atoms with van der Waals surface area (Å²) >= 11 is 0. The van der Waals surface area contributed by atoms with Crippen molar-refractivity contribution < 1.29 is 76.9 Å². The molecule has 27 nitrogen and oxygen atoms in total. The molecule has 1 aliphatic heterocycles. The summed E-state index contributed by atoms with van der Waals surface area (Å²) in [6.45, 7) is 27.1. The van der Waals surface area contributed by atoms with Gasteiger partial charge in [0.15, 0.2) is 6.35 Å². The molecule has 1 aromatic carbocycles. The normalized spacial score (nSPS) is 25.3. The van der Waals surface area contributed by atoms with Gasteiger partial charge in [-0.3, -0.25) is 57.3 Å². The third-order valence-corrected chi connectivity index (χ3v) is 17.9. The van der Waals surface area contributed by atoms with Gasteiger partial charge in [0.1, 0.15) is 66.2 Å². The molecule has 28 heteroatoms. The first-order valence-electron chi connectivity index (χ1n) is 33.5. The zero-order chi connectivity index (χ0) is 73.9. The molecule has 0 aromatic heterocycles. The number of aliphatic hydroxyl groups is 1. The lowest BCUT2D eigenvalue weighted by molar-refractivity contribution is -0.157. The van der Waals surface area contributed by atoms with Crippen LogP contribution in [0.2, 0.25) is 0 Å². The Morgan fingerprint density at radius 3 is 1.42 bits per heavy atom. The summed E-state index contributed by atoms with van der Waals surface area (Å²) in [6.07, 6.45) is 1.52. The number of hydrogen-bond acceptors (Lipinski definition) is 14. The van der Waals surface area contributed by atoms with Gasteiger partial charge >= 0.3 is 7.60 Å². The van der Waals surface area contributed by atoms with Crippen LogP contribution in [0.15, 0.2) is 30.3 Å². The highest BCUT2D eigenvalue weighted by molar-refractivity contribution is 7.51. The zero-order valence-corrected chi connectivity index (χ0v) is 62.1. The summed E-state index contributed by atoms with van der Waals surface area (Å²) in [6, 6.07) is -6.56. The molecule has 0 unspecified atom stereocenters. The standard InChI is InChI=1S/C68H116N11O16P/c1-24-49-64(87)73(17)36-54(80)74(18)50(32-38(2)3)61(84)72-55(42(10)11)67(90)75(19)51(33-39(4)5)60(83)69-45(15)59(82)70-46(16)63(86)76(20)52(34-40(6)7)65(88)77(21)53(35-41(8)9)66(89)78(22)56(43(12)13)68(91)79(23)57(62(85)71-49)58(81)44(14)26-25-27-47-28-30-48(31-29-47)95-37-96(92,93)94/h25,27-31,38-46,49-53,55-58,81H,24,26,32-37H2,1-23H3,(H,69,83)(H,70,82)(H,71,85)(H,72,84)(H2,92,93,94)/t44-,45+,46-,49+,50+,51+,52+,53+,55+,56+,57+,58-/m1/s1. The van der Waals surface area contributed by atoms with E-state index in [0.717, 1.165) is 9.80 Å². The van der Waals surface area contributed by atoms with Crippen LogP contribution in [0.5, 0.6) is 5.75 Å². The molecule has 0 aliphatic carbocycles. The minimum absolute atomic E-state index is 0.0393. The Bertz CT molecular complexity index is 2900. The van der Waals surface area contributed by atoms with Gasteiger partial charge in [0.2, 0.25) is 65.0 Å². The first-order chi connectivity index (χ1) is 44.3. The van der Waals surface area contributed by atoms with Gasteiger partial charge in [0.05, 0.1) is 12.6 Å². The monoisotopic (exact) mass is 1370 g/mol. The van der Waals surface area contributed by atoms with Gasteiger partial charge in [0.25, 0.3) is 0 Å². The average molecular weight is 1370 g/mol. The predicted octanol–water partition coefficient (Wildman–Crippen LogP) is 3.92. The largest absolute Gasteiger partial charge is 0.481 e. The lowest BCUT2D eigenvalue weighted by atomic mass is 9.91. The molecule has 12 atom stereocenters. The lowest BCUT2D eigenvalue weighted by Gasteiger charge is -2.41. The number of hydrogen-bond donors (Lipinski definition) is 7. The second kappa shape index (κ2) is 38.3. The molecule has 1 heterocycles. The first-order valence-corrected chi connectivity index (χ1v) is 35.3. The fourth-order valence-corrected chi connectivity index (χ4v) is 11.9. The molecule has 96 heavy (non-hydrogen) atoms. The smallest absolute Gasteiger partial charge is 0.362 e. The molecule has 0 radical (unpaired) electrons. The van der Waals surface area contributed by atoms with Crippen molar-refractivity contribution in [2.45, 2.75) is 216 Å². The van der Waals surface area contributed by atoms with Crippen LogP contribution >= 0.6 is 7.60 Å². The fourth-order valence-electron chi connectivity index (χ4n) is 11.6. The molecule has 0 bridgehead atoms. The van der Waals surface area contributed by atoms with Gasteiger partial charge in [-0.2, -0.15) is 0 Å². The number of rotatable bonds is 19. The molecular weight excluding hydrogens is 1260 g/mol. The van der Waals surface area contributed by atoms with Crippen molar-refractivity contribution in [3.05, 3.63) is 35.9 Å². The maximum absolute atomic E-state index is 15.4. The fraction of sp³-hybridized carbons (Fsp3) is 0.721. The van der Waals surface area contributed by atoms with E-state index in [4.69, 9.17) is 4.74 Å². The number of benzene rings is 1. The summed E-state index contributed by atoms with van der Waals surface area (Å²) in [4.78, 5) is 188. The highest BCUT2D eigenvalue weighted by Crippen LogP contribution is 2.35. The van der Waals surface area contributed by atoms with Crippen molar-refractivity contribution in [1.82, 2.24) is 55.6 Å². The number of ether oxygens (including phenoxy) is 1. The van der Waals surface area contributed by atoms with E-state index in [1.54, 1.807) is 65.8 Å². The number of carbonyl (C=O) groups is 11. The van der Waals surface area contributed by atoms with E-state index in [-0.39, 0.29) is 67.9 Å². The Morgan fingerprint density at radius 1 is 0.510 bits per heavy atom. The quantitative estimate of drug-likeness (QED) is 0.0965. The van der Waals surface area contributed by atoms with Gasteiger partial charge in [-0.05, 0) is 111 Å². The van der Waals surface area contributed by atoms with Crippen LogP contribution in [0.4, 0.5) is 0 Å². The van der Waals surface area contributed by atoms with Crippen LogP contribution in [0.25, 0.3) is 6.08 Å². The molecule has 1 fully saturated rings. The maximum atomic E-state index is 15.4. The third-order valence-electron chi connectivity index (χ3n) is 17.4. The molecule has 7 N–H and O–H groups in total. The summed E-state index contributed by atoms with van der Waals surface area (Å²) in [5, 5.41) is 23.4. The van der Waals surface area contributed by atoms with Crippen molar-refractivity contribution in [3.8, 4) is 5.75 Å². The zero-order valence-electron chi connectivity index (χ0n) is 61.2. The highest BCUT2D eigenvalue weighted by Gasteiger charge is 2.46. The minimum Gasteiger partial charge on any atom is -0.481 e. The van der Waals surface area contributed by atoms with Crippen LogP contribution in [0.1, 0.15) is 155 Å². The lowest BCUT2D eigenvalue weighted by Crippen LogP contribution is -2.63. The Kier molecular flexibility index (Phi) is 33.9. The number of carbonyl (C=O) groups excluding carboxylic acids is 11. The van der Waals surface area contributed by atoms with Crippen LogP contribution in [-0.4, -0.2) is 243 Å². The molecule has 1 aliphatic rings. The maximum Gasteiger partial charge on any atom is 0.362 e. The Morgan fingerprint density at radius 2 is 0.948 bits per heavy atom. The van der Waals surface area contributed by atoms with E-state index in [1.165, 1.54) is 99.8 Å². The molecule has 0 spiro atoms. The van der Waals surface area contributed by atoms with Crippen molar-refractivity contribution in [2.24, 2.45) is 41.4 Å². The van der Waals surface area contributed by atoms with E-state index < -0.39 is 170 Å². The van der Waals surface area contributed by atoms with Gasteiger partial charge in [-0.1, -0.05) is 121 Å². The van der Waals surface area contributed by atoms with E-state index in [0.29, 0.717) is 5.56 Å². The molecule has 1 aromatic rings. The predicted molar refractivity (Wildman–Crippen MR) is 367 cm³/mol. The summed E-state index contributed by atoms with van der Waals surface area (Å²) < 4.78 is 16.6. The van der Waals surface area contributed by atoms with Crippen LogP contribution < -0.4 is 26.0 Å². The van der Waals surface area contributed by atoms with Gasteiger partial charge in [-0.15, -0.1) is 0 Å². The van der Waals surface area contributed by atoms with Crippen LogP contribution in [0, 0.1) is 41.4 Å². The van der Waals surface area contributed by atoms with Crippen molar-refractivity contribution in [3.63, 3.8) is 0 Å². The SMILES string of the molecule is CC[C@@H]1NC(=O)[C@H]([C@H](O)[C@H](C)CC=Cc2ccc(OCP(=O)(O)O)cc2)N(C)C(=O)[C@H](C(C)C)N(C)C(=O)[C@H](CC(C)C)N(C)C(=O)[C@H](CC(C)C)N(C)C(=O)[C@@H](C)NC(=O)[C@H](C)NC(=O)[C@H](CC(C)C)N(C)C(=O)[C@H](C(C)C)NC(=O)[C@H](CC(C)C)N(C)C(=O)CN(C)C1=O. The Labute approximate surface area is 570 Å². The van der Waals surface area contributed by atoms with Gasteiger partial charge in [-0.25, -0.2) is 0 Å². The molecule has 1 saturated heterocycles. The molecule has 11 amide bonds. The topological polar surface area (TPSA) is 346 Å². The number of aliphatic hydroxyl groups excluding tert-OH is 1. The van der Waals surface area contributed by atoms with Crippen LogP contribution in [0.3, 0.4) is 0 Å². The first kappa shape index (κ1) is 85.1. The van der Waals surface area contributed by atoms with E-state index in [1.807, 2.05) is 55.4 Å². The van der Waals surface area contributed by atoms with E-state index in [9.17, 15) is 53.0 Å². The van der Waals surface area contributed by atoms with Crippen LogP contribution in [-0.2, 0) is 57.3 Å². The summed E-state index contributed by atoms with van der Waals surface area (Å²) in [7, 11) is 5.29. The second-order valence-electron chi connectivity index (χ2n) is 28.4. The molecule has 544 valence electrons. The Balaban J connectivity index is 2.99. The highest BCUT2D eigenvalue weighted by atomic mass is 31.2.